The molecule has 0 spiro atoms. The van der Waals surface area contributed by atoms with E-state index in [9.17, 15) is 23.1 Å². The number of carbonyl (C=O) groups is 1. The molecule has 2 aromatic rings. The van der Waals surface area contributed by atoms with Crippen molar-refractivity contribution in [3.8, 4) is 11.4 Å². The van der Waals surface area contributed by atoms with E-state index in [1.165, 1.54) is 18.2 Å². The number of morpholine rings is 1. The molecule has 1 fully saturated rings. The molecule has 0 aliphatic carbocycles. The minimum atomic E-state index is -4.60. The van der Waals surface area contributed by atoms with Crippen molar-refractivity contribution in [1.82, 2.24) is 14.7 Å². The van der Waals surface area contributed by atoms with E-state index in [2.05, 4.69) is 10.00 Å². The molecule has 1 aliphatic rings. The van der Waals surface area contributed by atoms with Crippen LogP contribution in [0.25, 0.3) is 5.69 Å². The predicted molar refractivity (Wildman–Crippen MR) is 92.4 cm³/mol. The van der Waals surface area contributed by atoms with Gasteiger partial charge in [0.15, 0.2) is 5.75 Å². The van der Waals surface area contributed by atoms with Crippen LogP contribution in [-0.4, -0.2) is 64.7 Å². The Labute approximate surface area is 159 Å². The van der Waals surface area contributed by atoms with Gasteiger partial charge in [0.05, 0.1) is 30.7 Å². The molecule has 0 saturated carbocycles. The van der Waals surface area contributed by atoms with Gasteiger partial charge in [0.2, 0.25) is 5.69 Å². The van der Waals surface area contributed by atoms with Gasteiger partial charge in [-0.15, -0.1) is 0 Å². The second-order valence-corrected chi connectivity index (χ2v) is 6.42. The predicted octanol–water partition coefficient (Wildman–Crippen LogP) is 2.47. The Morgan fingerprint density at radius 3 is 2.86 bits per heavy atom. The summed E-state index contributed by atoms with van der Waals surface area (Å²) in [6, 6.07) is 4.95. The summed E-state index contributed by atoms with van der Waals surface area (Å²) in [5.74, 6) is -1.46. The van der Waals surface area contributed by atoms with Crippen molar-refractivity contribution in [2.24, 2.45) is 0 Å². The maximum Gasteiger partial charge on any atom is 0.418 e. The van der Waals surface area contributed by atoms with Crippen LogP contribution in [0.2, 0.25) is 0 Å². The zero-order valence-electron chi connectivity index (χ0n) is 15.1. The zero-order chi connectivity index (χ0) is 20.3. The highest BCUT2D eigenvalue weighted by Crippen LogP contribution is 2.34. The number of esters is 1. The first-order chi connectivity index (χ1) is 13.3. The summed E-state index contributed by atoms with van der Waals surface area (Å²) in [5.41, 5.74) is -1.67. The van der Waals surface area contributed by atoms with Crippen molar-refractivity contribution in [3.63, 3.8) is 0 Å². The number of aromatic hydroxyl groups is 1. The summed E-state index contributed by atoms with van der Waals surface area (Å²) in [6.45, 7) is 4.45. The molecule has 1 atom stereocenters. The summed E-state index contributed by atoms with van der Waals surface area (Å²) < 4.78 is 50.8. The average Bonchev–Trinajstić information content (AvgIpc) is 3.04. The summed E-state index contributed by atoms with van der Waals surface area (Å²) in [4.78, 5) is 14.3. The highest BCUT2D eigenvalue weighted by atomic mass is 19.4. The van der Waals surface area contributed by atoms with Gasteiger partial charge in [-0.05, 0) is 19.1 Å². The lowest BCUT2D eigenvalue weighted by atomic mass is 10.2. The first kappa shape index (κ1) is 20.2. The van der Waals surface area contributed by atoms with Gasteiger partial charge in [-0.25, -0.2) is 9.48 Å². The van der Waals surface area contributed by atoms with Crippen molar-refractivity contribution in [2.75, 3.05) is 32.9 Å². The van der Waals surface area contributed by atoms with E-state index < -0.39 is 29.2 Å². The smallest absolute Gasteiger partial charge is 0.418 e. The number of nitrogens with zero attached hydrogens (tertiary/aromatic N) is 3. The number of para-hydroxylation sites is 1. The maximum absolute atomic E-state index is 13.2. The third-order valence-electron chi connectivity index (χ3n) is 4.46. The van der Waals surface area contributed by atoms with Gasteiger partial charge < -0.3 is 14.6 Å². The first-order valence-electron chi connectivity index (χ1n) is 8.71. The number of aromatic nitrogens is 2. The highest BCUT2D eigenvalue weighted by molar-refractivity contribution is 5.90. The quantitative estimate of drug-likeness (QED) is 0.779. The number of ether oxygens (including phenoxy) is 2. The summed E-state index contributed by atoms with van der Waals surface area (Å²) >= 11 is 0. The van der Waals surface area contributed by atoms with Gasteiger partial charge in [-0.3, -0.25) is 4.90 Å². The van der Waals surface area contributed by atoms with Crippen LogP contribution < -0.4 is 0 Å². The van der Waals surface area contributed by atoms with Gasteiger partial charge in [0, 0.05) is 19.1 Å². The molecule has 10 heteroatoms. The fourth-order valence-corrected chi connectivity index (χ4v) is 2.96. The standard InChI is InChI=1S/C18H20F3N3O4/c1-12-11-27-8-6-23(12)7-9-28-17(26)16-15(25)10-24(22-16)14-5-3-2-4-13(14)18(19,20)21/h2-5,10,12,25H,6-9,11H2,1H3. The fourth-order valence-electron chi connectivity index (χ4n) is 2.96. The lowest BCUT2D eigenvalue weighted by Gasteiger charge is -2.32. The molecular formula is C18H20F3N3O4. The SMILES string of the molecule is CC1COCCN1CCOC(=O)c1nn(-c2ccccc2C(F)(F)F)cc1O. The van der Waals surface area contributed by atoms with E-state index in [-0.39, 0.29) is 18.3 Å². The minimum absolute atomic E-state index is 0.0641. The summed E-state index contributed by atoms with van der Waals surface area (Å²) in [6.07, 6.45) is -3.65. The highest BCUT2D eigenvalue weighted by Gasteiger charge is 2.34. The van der Waals surface area contributed by atoms with Gasteiger partial charge in [-0.2, -0.15) is 18.3 Å². The van der Waals surface area contributed by atoms with Gasteiger partial charge in [-0.1, -0.05) is 12.1 Å². The Morgan fingerprint density at radius 1 is 1.39 bits per heavy atom. The number of carbonyl (C=O) groups excluding carboxylic acids is 1. The van der Waals surface area contributed by atoms with Crippen LogP contribution in [0.3, 0.4) is 0 Å². The van der Waals surface area contributed by atoms with Crippen molar-refractivity contribution in [1.29, 1.82) is 0 Å². The Bertz CT molecular complexity index is 838. The number of halogens is 3. The number of benzene rings is 1. The average molecular weight is 399 g/mol. The molecule has 0 amide bonds. The molecule has 0 radical (unpaired) electrons. The van der Waals surface area contributed by atoms with Crippen molar-refractivity contribution >= 4 is 5.97 Å². The van der Waals surface area contributed by atoms with E-state index in [0.717, 1.165) is 16.9 Å². The van der Waals surface area contributed by atoms with Crippen molar-refractivity contribution in [2.45, 2.75) is 19.1 Å². The Kier molecular flexibility index (Phi) is 5.90. The molecular weight excluding hydrogens is 379 g/mol. The minimum Gasteiger partial charge on any atom is -0.504 e. The van der Waals surface area contributed by atoms with E-state index in [0.29, 0.717) is 26.3 Å². The maximum atomic E-state index is 13.2. The lowest BCUT2D eigenvalue weighted by Crippen LogP contribution is -2.45. The largest absolute Gasteiger partial charge is 0.504 e. The lowest BCUT2D eigenvalue weighted by molar-refractivity contribution is -0.137. The summed E-state index contributed by atoms with van der Waals surface area (Å²) in [5, 5.41) is 13.7. The molecule has 1 N–H and O–H groups in total. The zero-order valence-corrected chi connectivity index (χ0v) is 15.1. The Morgan fingerprint density at radius 2 is 2.14 bits per heavy atom. The molecule has 152 valence electrons. The Balaban J connectivity index is 1.70. The molecule has 1 saturated heterocycles. The van der Waals surface area contributed by atoms with Crippen LogP contribution in [-0.2, 0) is 15.7 Å². The first-order valence-corrected chi connectivity index (χ1v) is 8.71. The van der Waals surface area contributed by atoms with Crippen LogP contribution >= 0.6 is 0 Å². The molecule has 1 aliphatic heterocycles. The van der Waals surface area contributed by atoms with Crippen LogP contribution in [0.15, 0.2) is 30.5 Å². The van der Waals surface area contributed by atoms with E-state index in [4.69, 9.17) is 9.47 Å². The Hall–Kier alpha value is -2.59. The molecule has 1 aromatic heterocycles. The van der Waals surface area contributed by atoms with E-state index in [1.54, 1.807) is 0 Å². The molecule has 1 aromatic carbocycles. The van der Waals surface area contributed by atoms with E-state index >= 15 is 0 Å². The number of alkyl halides is 3. The monoisotopic (exact) mass is 399 g/mol. The fraction of sp³-hybridized carbons (Fsp3) is 0.444. The van der Waals surface area contributed by atoms with Crippen LogP contribution in [0, 0.1) is 0 Å². The molecule has 28 heavy (non-hydrogen) atoms. The van der Waals surface area contributed by atoms with Gasteiger partial charge in [0.25, 0.3) is 0 Å². The second kappa shape index (κ2) is 8.19. The molecule has 3 rings (SSSR count). The molecule has 1 unspecified atom stereocenters. The second-order valence-electron chi connectivity index (χ2n) is 6.42. The van der Waals surface area contributed by atoms with Gasteiger partial charge in [0.1, 0.15) is 6.61 Å². The molecule has 2 heterocycles. The number of rotatable bonds is 5. The van der Waals surface area contributed by atoms with Crippen molar-refractivity contribution < 1.29 is 32.5 Å². The third kappa shape index (κ3) is 4.45. The van der Waals surface area contributed by atoms with Crippen LogP contribution in [0.1, 0.15) is 23.0 Å². The third-order valence-corrected chi connectivity index (χ3v) is 4.46. The van der Waals surface area contributed by atoms with Crippen LogP contribution in [0.4, 0.5) is 13.2 Å². The number of hydrogen-bond acceptors (Lipinski definition) is 6. The van der Waals surface area contributed by atoms with Gasteiger partial charge >= 0.3 is 12.1 Å². The van der Waals surface area contributed by atoms with Crippen molar-refractivity contribution in [3.05, 3.63) is 41.7 Å². The molecule has 7 nitrogen and oxygen atoms in total. The topological polar surface area (TPSA) is 76.8 Å². The van der Waals surface area contributed by atoms with E-state index in [1.807, 2.05) is 6.92 Å². The normalized spacial score (nSPS) is 18.2. The molecule has 0 bridgehead atoms. The summed E-state index contributed by atoms with van der Waals surface area (Å²) in [7, 11) is 0. The van der Waals surface area contributed by atoms with Crippen LogP contribution in [0.5, 0.6) is 5.75 Å². The number of hydrogen-bond donors (Lipinski definition) is 1.